The molecule has 1 unspecified atom stereocenters. The molecule has 0 aromatic heterocycles. The molecule has 2 amide bonds. The highest BCUT2D eigenvalue weighted by Crippen LogP contribution is 2.22. The zero-order valence-electron chi connectivity index (χ0n) is 17.2. The van der Waals surface area contributed by atoms with E-state index in [0.29, 0.717) is 23.3 Å². The molecule has 9 heteroatoms. The van der Waals surface area contributed by atoms with E-state index in [9.17, 15) is 18.4 Å². The molecule has 2 rings (SSSR count). The summed E-state index contributed by atoms with van der Waals surface area (Å²) < 4.78 is 30.8. The van der Waals surface area contributed by atoms with Crippen molar-refractivity contribution in [2.24, 2.45) is 0 Å². The van der Waals surface area contributed by atoms with Gasteiger partial charge in [-0.05, 0) is 56.6 Å². The molecule has 0 saturated heterocycles. The van der Waals surface area contributed by atoms with Gasteiger partial charge in [-0.1, -0.05) is 0 Å². The van der Waals surface area contributed by atoms with E-state index in [1.54, 1.807) is 29.2 Å². The summed E-state index contributed by atoms with van der Waals surface area (Å²) in [5.74, 6) is -0.109. The van der Waals surface area contributed by atoms with E-state index in [2.05, 4.69) is 14.6 Å². The van der Waals surface area contributed by atoms with Crippen molar-refractivity contribution in [1.29, 1.82) is 0 Å². The molecule has 0 radical (unpaired) electrons. The molecular formula is C21H26F2N3O3P. The fraction of sp³-hybridized carbons (Fsp3) is 0.333. The number of carbonyl (C=O) groups excluding carboxylic acids is 2. The number of rotatable bonds is 9. The third kappa shape index (κ3) is 7.04. The smallest absolute Gasteiger partial charge is 0.263 e. The Hall–Kier alpha value is -2.57. The zero-order chi connectivity index (χ0) is 22.3. The Labute approximate surface area is 177 Å². The van der Waals surface area contributed by atoms with Gasteiger partial charge in [0.25, 0.3) is 12.3 Å². The SMILES string of the molecule is CC(=O)N(CCN(C)C)c1ccc(NC(=O)COc2ccc(C(F)F)cc2P)cc1. The Balaban J connectivity index is 1.93. The van der Waals surface area contributed by atoms with Gasteiger partial charge in [-0.25, -0.2) is 8.78 Å². The van der Waals surface area contributed by atoms with E-state index in [4.69, 9.17) is 4.74 Å². The number of nitrogens with one attached hydrogen (secondary N) is 1. The first-order valence-corrected chi connectivity index (χ1v) is 9.88. The minimum atomic E-state index is -2.56. The molecule has 1 N–H and O–H groups in total. The molecular weight excluding hydrogens is 411 g/mol. The first-order chi connectivity index (χ1) is 14.2. The predicted molar refractivity (Wildman–Crippen MR) is 118 cm³/mol. The minimum absolute atomic E-state index is 0.0619. The number of alkyl halides is 2. The van der Waals surface area contributed by atoms with Gasteiger partial charge < -0.3 is 19.9 Å². The summed E-state index contributed by atoms with van der Waals surface area (Å²) in [5, 5.41) is 3.16. The fourth-order valence-electron chi connectivity index (χ4n) is 2.67. The summed E-state index contributed by atoms with van der Waals surface area (Å²) in [4.78, 5) is 27.7. The molecule has 0 saturated carbocycles. The van der Waals surface area contributed by atoms with Crippen molar-refractivity contribution < 1.29 is 23.1 Å². The van der Waals surface area contributed by atoms with Crippen LogP contribution in [0.3, 0.4) is 0 Å². The molecule has 6 nitrogen and oxygen atoms in total. The fourth-order valence-corrected chi connectivity index (χ4v) is 3.04. The lowest BCUT2D eigenvalue weighted by molar-refractivity contribution is -0.118. The first kappa shape index (κ1) is 23.7. The Morgan fingerprint density at radius 1 is 1.10 bits per heavy atom. The van der Waals surface area contributed by atoms with Gasteiger partial charge in [-0.3, -0.25) is 9.59 Å². The number of hydrogen-bond acceptors (Lipinski definition) is 4. The van der Waals surface area contributed by atoms with Gasteiger partial charge in [0.05, 0.1) is 0 Å². The second-order valence-electron chi connectivity index (χ2n) is 6.96. The van der Waals surface area contributed by atoms with Crippen LogP contribution in [0.4, 0.5) is 20.2 Å². The molecule has 0 fully saturated rings. The van der Waals surface area contributed by atoms with Crippen molar-refractivity contribution in [3.05, 3.63) is 48.0 Å². The summed E-state index contributed by atoms with van der Waals surface area (Å²) in [6, 6.07) is 10.9. The van der Waals surface area contributed by atoms with Crippen LogP contribution in [0.5, 0.6) is 5.75 Å². The third-order valence-corrected chi connectivity index (χ3v) is 4.71. The standard InChI is InChI=1S/C21H26F2N3O3P/c1-14(27)26(11-10-25(2)3)17-7-5-16(6-8-17)24-20(28)13-29-18-9-4-15(21(22)23)12-19(18)30/h4-9,12,21H,10-11,13,30H2,1-3H3,(H,24,28). The Morgan fingerprint density at radius 3 is 2.30 bits per heavy atom. The largest absolute Gasteiger partial charge is 0.483 e. The molecule has 0 aliphatic carbocycles. The van der Waals surface area contributed by atoms with Gasteiger partial charge in [-0.15, -0.1) is 9.24 Å². The number of nitrogens with zero attached hydrogens (tertiary/aromatic N) is 2. The number of hydrogen-bond donors (Lipinski definition) is 1. The highest BCUT2D eigenvalue weighted by Gasteiger charge is 2.13. The van der Waals surface area contributed by atoms with E-state index < -0.39 is 6.43 Å². The van der Waals surface area contributed by atoms with E-state index in [-0.39, 0.29) is 24.0 Å². The van der Waals surface area contributed by atoms with Gasteiger partial charge >= 0.3 is 0 Å². The van der Waals surface area contributed by atoms with Crippen LogP contribution in [0.1, 0.15) is 18.9 Å². The molecule has 162 valence electrons. The Bertz CT molecular complexity index is 876. The van der Waals surface area contributed by atoms with Gasteiger partial charge in [0.1, 0.15) is 5.75 Å². The first-order valence-electron chi connectivity index (χ1n) is 9.30. The normalized spacial score (nSPS) is 10.9. The maximum atomic E-state index is 12.7. The maximum Gasteiger partial charge on any atom is 0.263 e. The van der Waals surface area contributed by atoms with Crippen LogP contribution in [-0.2, 0) is 9.59 Å². The van der Waals surface area contributed by atoms with Crippen LogP contribution in [-0.4, -0.2) is 50.5 Å². The van der Waals surface area contributed by atoms with Crippen LogP contribution < -0.4 is 20.3 Å². The Morgan fingerprint density at radius 2 is 1.77 bits per heavy atom. The van der Waals surface area contributed by atoms with Crippen molar-refractivity contribution in [3.63, 3.8) is 0 Å². The number of amides is 2. The van der Waals surface area contributed by atoms with Crippen molar-refractivity contribution in [3.8, 4) is 5.75 Å². The number of halogens is 2. The molecule has 0 aliphatic rings. The number of ether oxygens (including phenoxy) is 1. The molecule has 0 aliphatic heterocycles. The molecule has 2 aromatic carbocycles. The van der Waals surface area contributed by atoms with E-state index in [0.717, 1.165) is 12.2 Å². The zero-order valence-corrected chi connectivity index (χ0v) is 18.3. The van der Waals surface area contributed by atoms with Crippen molar-refractivity contribution >= 4 is 37.7 Å². The quantitative estimate of drug-likeness (QED) is 0.613. The highest BCUT2D eigenvalue weighted by molar-refractivity contribution is 7.27. The summed E-state index contributed by atoms with van der Waals surface area (Å²) in [6.45, 7) is 2.53. The number of benzene rings is 2. The van der Waals surface area contributed by atoms with Crippen LogP contribution in [0, 0.1) is 0 Å². The average molecular weight is 437 g/mol. The number of anilines is 2. The topological polar surface area (TPSA) is 61.9 Å². The van der Waals surface area contributed by atoms with E-state index in [1.807, 2.05) is 19.0 Å². The van der Waals surface area contributed by atoms with E-state index in [1.165, 1.54) is 25.1 Å². The predicted octanol–water partition coefficient (Wildman–Crippen LogP) is 3.06. The number of likely N-dealkylation sites (N-methyl/N-ethyl adjacent to an activating group) is 1. The monoisotopic (exact) mass is 437 g/mol. The second kappa shape index (κ2) is 11.0. The molecule has 0 spiro atoms. The summed E-state index contributed by atoms with van der Waals surface area (Å²) >= 11 is 0. The summed E-state index contributed by atoms with van der Waals surface area (Å²) in [6.07, 6.45) is -2.56. The van der Waals surface area contributed by atoms with Crippen molar-refractivity contribution in [1.82, 2.24) is 4.90 Å². The van der Waals surface area contributed by atoms with E-state index >= 15 is 0 Å². The minimum Gasteiger partial charge on any atom is -0.483 e. The molecule has 0 bridgehead atoms. The highest BCUT2D eigenvalue weighted by atomic mass is 31.0. The van der Waals surface area contributed by atoms with Crippen molar-refractivity contribution in [2.75, 3.05) is 44.0 Å². The van der Waals surface area contributed by atoms with Gasteiger partial charge in [-0.2, -0.15) is 0 Å². The Kier molecular flexibility index (Phi) is 8.69. The lowest BCUT2D eigenvalue weighted by atomic mass is 10.2. The average Bonchev–Trinajstić information content (AvgIpc) is 2.67. The van der Waals surface area contributed by atoms with Crippen LogP contribution in [0.2, 0.25) is 0 Å². The third-order valence-electron chi connectivity index (χ3n) is 4.26. The van der Waals surface area contributed by atoms with Gasteiger partial charge in [0, 0.05) is 42.3 Å². The lowest BCUT2D eigenvalue weighted by Crippen LogP contribution is -2.35. The van der Waals surface area contributed by atoms with Crippen LogP contribution in [0.15, 0.2) is 42.5 Å². The summed E-state index contributed by atoms with van der Waals surface area (Å²) in [7, 11) is 6.19. The lowest BCUT2D eigenvalue weighted by Gasteiger charge is -2.23. The molecule has 30 heavy (non-hydrogen) atoms. The van der Waals surface area contributed by atoms with Crippen LogP contribution in [0.25, 0.3) is 0 Å². The number of carbonyl (C=O) groups is 2. The molecule has 1 atom stereocenters. The van der Waals surface area contributed by atoms with Crippen molar-refractivity contribution in [2.45, 2.75) is 13.3 Å². The van der Waals surface area contributed by atoms with Crippen LogP contribution >= 0.6 is 9.24 Å². The second-order valence-corrected chi connectivity index (χ2v) is 7.58. The van der Waals surface area contributed by atoms with Gasteiger partial charge in [0.2, 0.25) is 5.91 Å². The maximum absolute atomic E-state index is 12.7. The van der Waals surface area contributed by atoms with Gasteiger partial charge in [0.15, 0.2) is 6.61 Å². The molecule has 0 heterocycles. The molecule has 2 aromatic rings. The summed E-state index contributed by atoms with van der Waals surface area (Å²) in [5.41, 5.74) is 1.19.